The van der Waals surface area contributed by atoms with E-state index in [2.05, 4.69) is 16.0 Å². The number of para-hydroxylation sites is 1. The van der Waals surface area contributed by atoms with Gasteiger partial charge in [-0.25, -0.2) is 4.98 Å². The number of aromatic nitrogens is 2. The fraction of sp³-hybridized carbons (Fsp3) is 0.533. The van der Waals surface area contributed by atoms with Crippen LogP contribution in [-0.2, 0) is 0 Å². The van der Waals surface area contributed by atoms with E-state index in [4.69, 9.17) is 16.6 Å². The first kappa shape index (κ1) is 11.7. The van der Waals surface area contributed by atoms with Crippen LogP contribution in [0.4, 0.5) is 0 Å². The van der Waals surface area contributed by atoms with E-state index < -0.39 is 0 Å². The van der Waals surface area contributed by atoms with Crippen LogP contribution < -0.4 is 5.32 Å². The molecular formula is C15H18ClN3. The highest BCUT2D eigenvalue weighted by molar-refractivity contribution is 6.35. The quantitative estimate of drug-likeness (QED) is 0.909. The summed E-state index contributed by atoms with van der Waals surface area (Å²) in [7, 11) is 0. The molecule has 3 nitrogen and oxygen atoms in total. The van der Waals surface area contributed by atoms with Crippen molar-refractivity contribution in [1.82, 2.24) is 14.9 Å². The molecule has 0 unspecified atom stereocenters. The number of hydrogen-bond donors (Lipinski definition) is 1. The second kappa shape index (κ2) is 4.50. The molecule has 1 N–H and O–H groups in total. The van der Waals surface area contributed by atoms with Crippen LogP contribution in [0.3, 0.4) is 0 Å². The standard InChI is InChI=1S/C15H18ClN3/c16-12-2-1-3-13-14(12)19(11-4-5-11)15(18-13)10-6-8-17-9-7-10/h1-3,10-11,17H,4-9H2. The second-order valence-corrected chi connectivity index (χ2v) is 6.11. The highest BCUT2D eigenvalue weighted by Gasteiger charge is 2.32. The summed E-state index contributed by atoms with van der Waals surface area (Å²) in [5, 5.41) is 4.28. The normalized spacial score (nSPS) is 21.1. The van der Waals surface area contributed by atoms with Crippen molar-refractivity contribution in [2.75, 3.05) is 13.1 Å². The van der Waals surface area contributed by atoms with Gasteiger partial charge in [-0.1, -0.05) is 17.7 Å². The number of hydrogen-bond acceptors (Lipinski definition) is 2. The minimum absolute atomic E-state index is 0.588. The van der Waals surface area contributed by atoms with E-state index in [1.54, 1.807) is 0 Å². The van der Waals surface area contributed by atoms with E-state index >= 15 is 0 Å². The number of nitrogens with zero attached hydrogens (tertiary/aromatic N) is 2. The van der Waals surface area contributed by atoms with Crippen molar-refractivity contribution in [3.05, 3.63) is 29.0 Å². The van der Waals surface area contributed by atoms with Gasteiger partial charge < -0.3 is 9.88 Å². The number of rotatable bonds is 2. The zero-order valence-electron chi connectivity index (χ0n) is 10.9. The highest BCUT2D eigenvalue weighted by Crippen LogP contribution is 2.43. The molecule has 2 aromatic rings. The second-order valence-electron chi connectivity index (χ2n) is 5.70. The Hall–Kier alpha value is -1.06. The van der Waals surface area contributed by atoms with Crippen LogP contribution in [0.5, 0.6) is 0 Å². The highest BCUT2D eigenvalue weighted by atomic mass is 35.5. The Kier molecular flexibility index (Phi) is 2.78. The molecular weight excluding hydrogens is 258 g/mol. The SMILES string of the molecule is Clc1cccc2nc(C3CCNCC3)n(C3CC3)c12. The van der Waals surface area contributed by atoms with Gasteiger partial charge in [0.05, 0.1) is 16.1 Å². The number of nitrogens with one attached hydrogen (secondary N) is 1. The average molecular weight is 276 g/mol. The lowest BCUT2D eigenvalue weighted by atomic mass is 9.97. The molecule has 1 aliphatic heterocycles. The first-order chi connectivity index (χ1) is 9.34. The summed E-state index contributed by atoms with van der Waals surface area (Å²) < 4.78 is 2.44. The molecule has 19 heavy (non-hydrogen) atoms. The van der Waals surface area contributed by atoms with E-state index in [1.807, 2.05) is 12.1 Å². The van der Waals surface area contributed by atoms with E-state index in [0.29, 0.717) is 12.0 Å². The fourth-order valence-corrected chi connectivity index (χ4v) is 3.46. The third-order valence-corrected chi connectivity index (χ3v) is 4.61. The Morgan fingerprint density at radius 1 is 1.16 bits per heavy atom. The maximum Gasteiger partial charge on any atom is 0.113 e. The molecule has 1 aromatic carbocycles. The predicted octanol–water partition coefficient (Wildman–Crippen LogP) is 3.49. The van der Waals surface area contributed by atoms with Gasteiger partial charge in [0, 0.05) is 12.0 Å². The van der Waals surface area contributed by atoms with Gasteiger partial charge in [-0.3, -0.25) is 0 Å². The van der Waals surface area contributed by atoms with Gasteiger partial charge in [-0.05, 0) is 50.9 Å². The molecule has 2 heterocycles. The van der Waals surface area contributed by atoms with E-state index in [9.17, 15) is 0 Å². The molecule has 2 aliphatic rings. The lowest BCUT2D eigenvalue weighted by molar-refractivity contribution is 0.433. The van der Waals surface area contributed by atoms with Crippen molar-refractivity contribution >= 4 is 22.6 Å². The van der Waals surface area contributed by atoms with Gasteiger partial charge in [0.25, 0.3) is 0 Å². The predicted molar refractivity (Wildman–Crippen MR) is 77.9 cm³/mol. The fourth-order valence-electron chi connectivity index (χ4n) is 3.19. The van der Waals surface area contributed by atoms with Crippen LogP contribution in [-0.4, -0.2) is 22.6 Å². The molecule has 2 fully saturated rings. The van der Waals surface area contributed by atoms with E-state index in [0.717, 1.165) is 29.1 Å². The Bertz CT molecular complexity index is 609. The van der Waals surface area contributed by atoms with Gasteiger partial charge in [0.1, 0.15) is 5.82 Å². The summed E-state index contributed by atoms with van der Waals surface area (Å²) in [6.45, 7) is 2.21. The van der Waals surface area contributed by atoms with Gasteiger partial charge in [-0.15, -0.1) is 0 Å². The van der Waals surface area contributed by atoms with Crippen molar-refractivity contribution in [1.29, 1.82) is 0 Å². The molecule has 0 spiro atoms. The maximum absolute atomic E-state index is 6.41. The lowest BCUT2D eigenvalue weighted by Gasteiger charge is -2.23. The van der Waals surface area contributed by atoms with Crippen molar-refractivity contribution in [3.63, 3.8) is 0 Å². The van der Waals surface area contributed by atoms with E-state index in [-0.39, 0.29) is 0 Å². The van der Waals surface area contributed by atoms with Gasteiger partial charge in [0.2, 0.25) is 0 Å². The molecule has 4 heteroatoms. The summed E-state index contributed by atoms with van der Waals surface area (Å²) in [4.78, 5) is 4.91. The zero-order valence-corrected chi connectivity index (χ0v) is 11.7. The van der Waals surface area contributed by atoms with Crippen molar-refractivity contribution in [3.8, 4) is 0 Å². The lowest BCUT2D eigenvalue weighted by Crippen LogP contribution is -2.28. The minimum Gasteiger partial charge on any atom is -0.323 e. The van der Waals surface area contributed by atoms with Crippen LogP contribution in [0.2, 0.25) is 5.02 Å². The molecule has 1 aliphatic carbocycles. The summed E-state index contributed by atoms with van der Waals surface area (Å²) >= 11 is 6.41. The Morgan fingerprint density at radius 2 is 1.95 bits per heavy atom. The average Bonchev–Trinajstić information content (AvgIpc) is 3.20. The third-order valence-electron chi connectivity index (χ3n) is 4.30. The van der Waals surface area contributed by atoms with E-state index in [1.165, 1.54) is 31.5 Å². The maximum atomic E-state index is 6.41. The molecule has 1 aromatic heterocycles. The molecule has 1 saturated heterocycles. The summed E-state index contributed by atoms with van der Waals surface area (Å²) in [6.07, 6.45) is 4.92. The number of benzene rings is 1. The number of imidazole rings is 1. The van der Waals surface area contributed by atoms with Crippen LogP contribution in [0.15, 0.2) is 18.2 Å². The molecule has 0 radical (unpaired) electrons. The summed E-state index contributed by atoms with van der Waals surface area (Å²) in [6, 6.07) is 6.71. The van der Waals surface area contributed by atoms with Crippen LogP contribution in [0, 0.1) is 0 Å². The zero-order chi connectivity index (χ0) is 12.8. The van der Waals surface area contributed by atoms with Gasteiger partial charge in [0.15, 0.2) is 0 Å². The molecule has 100 valence electrons. The van der Waals surface area contributed by atoms with Crippen LogP contribution >= 0.6 is 11.6 Å². The smallest absolute Gasteiger partial charge is 0.113 e. The van der Waals surface area contributed by atoms with Crippen LogP contribution in [0.1, 0.15) is 43.5 Å². The molecule has 1 saturated carbocycles. The van der Waals surface area contributed by atoms with Crippen molar-refractivity contribution in [2.24, 2.45) is 0 Å². The third kappa shape index (κ3) is 1.96. The molecule has 0 atom stereocenters. The first-order valence-electron chi connectivity index (χ1n) is 7.21. The first-order valence-corrected chi connectivity index (χ1v) is 7.59. The Labute approximate surface area is 118 Å². The van der Waals surface area contributed by atoms with Gasteiger partial charge in [-0.2, -0.15) is 0 Å². The summed E-state index contributed by atoms with van der Waals surface area (Å²) in [5.41, 5.74) is 2.22. The Morgan fingerprint density at radius 3 is 2.68 bits per heavy atom. The number of piperidine rings is 1. The largest absolute Gasteiger partial charge is 0.323 e. The topological polar surface area (TPSA) is 29.9 Å². The van der Waals surface area contributed by atoms with Crippen molar-refractivity contribution < 1.29 is 0 Å². The monoisotopic (exact) mass is 275 g/mol. The molecule has 0 amide bonds. The molecule has 0 bridgehead atoms. The summed E-state index contributed by atoms with van der Waals surface area (Å²) in [5.74, 6) is 1.86. The Balaban J connectivity index is 1.89. The number of halogens is 1. The number of fused-ring (bicyclic) bond motifs is 1. The van der Waals surface area contributed by atoms with Crippen LogP contribution in [0.25, 0.3) is 11.0 Å². The van der Waals surface area contributed by atoms with Gasteiger partial charge >= 0.3 is 0 Å². The molecule has 4 rings (SSSR count). The minimum atomic E-state index is 0.588. The van der Waals surface area contributed by atoms with Crippen molar-refractivity contribution in [2.45, 2.75) is 37.6 Å².